The SMILES string of the molecule is CCOC(=O)C1CNCC1(CC)CC. The highest BCUT2D eigenvalue weighted by Gasteiger charge is 2.44. The van der Waals surface area contributed by atoms with E-state index in [-0.39, 0.29) is 17.3 Å². The van der Waals surface area contributed by atoms with Crippen LogP contribution in [0.1, 0.15) is 33.6 Å². The Bertz CT molecular complexity index is 199. The van der Waals surface area contributed by atoms with Gasteiger partial charge in [0.1, 0.15) is 0 Å². The quantitative estimate of drug-likeness (QED) is 0.698. The van der Waals surface area contributed by atoms with Crippen LogP contribution in [0.25, 0.3) is 0 Å². The van der Waals surface area contributed by atoms with E-state index in [1.165, 1.54) is 0 Å². The fourth-order valence-electron chi connectivity index (χ4n) is 2.37. The lowest BCUT2D eigenvalue weighted by Crippen LogP contribution is -2.35. The Morgan fingerprint density at radius 1 is 1.43 bits per heavy atom. The van der Waals surface area contributed by atoms with Gasteiger partial charge in [-0.15, -0.1) is 0 Å². The molecule has 1 N–H and O–H groups in total. The number of esters is 1. The van der Waals surface area contributed by atoms with Gasteiger partial charge in [-0.05, 0) is 25.2 Å². The third-order valence-electron chi connectivity index (χ3n) is 3.54. The molecule has 1 aliphatic rings. The van der Waals surface area contributed by atoms with Gasteiger partial charge in [0.15, 0.2) is 0 Å². The lowest BCUT2D eigenvalue weighted by Gasteiger charge is -2.30. The third-order valence-corrected chi connectivity index (χ3v) is 3.54. The maximum atomic E-state index is 11.7. The summed E-state index contributed by atoms with van der Waals surface area (Å²) in [5.74, 6) is 0.0265. The van der Waals surface area contributed by atoms with Crippen LogP contribution in [-0.2, 0) is 9.53 Å². The Balaban J connectivity index is 2.71. The number of hydrogen-bond donors (Lipinski definition) is 1. The standard InChI is InChI=1S/C11H21NO2/c1-4-11(5-2)8-12-7-9(11)10(13)14-6-3/h9,12H,4-8H2,1-3H3. The van der Waals surface area contributed by atoms with Crippen LogP contribution in [0.4, 0.5) is 0 Å². The molecule has 0 aliphatic carbocycles. The van der Waals surface area contributed by atoms with Gasteiger partial charge in [-0.2, -0.15) is 0 Å². The van der Waals surface area contributed by atoms with E-state index in [2.05, 4.69) is 19.2 Å². The van der Waals surface area contributed by atoms with Crippen molar-refractivity contribution in [2.24, 2.45) is 11.3 Å². The first kappa shape index (κ1) is 11.5. The average molecular weight is 199 g/mol. The molecule has 0 aromatic carbocycles. The van der Waals surface area contributed by atoms with Crippen LogP contribution in [0.5, 0.6) is 0 Å². The number of rotatable bonds is 4. The molecule has 3 heteroatoms. The average Bonchev–Trinajstić information content (AvgIpc) is 2.62. The van der Waals surface area contributed by atoms with E-state index >= 15 is 0 Å². The summed E-state index contributed by atoms with van der Waals surface area (Å²) in [6, 6.07) is 0. The molecule has 1 rings (SSSR count). The van der Waals surface area contributed by atoms with Crippen LogP contribution in [-0.4, -0.2) is 25.7 Å². The van der Waals surface area contributed by atoms with Gasteiger partial charge in [-0.3, -0.25) is 4.79 Å². The van der Waals surface area contributed by atoms with Gasteiger partial charge < -0.3 is 10.1 Å². The first-order chi connectivity index (χ1) is 6.70. The fraction of sp³-hybridized carbons (Fsp3) is 0.909. The van der Waals surface area contributed by atoms with E-state index in [0.29, 0.717) is 6.61 Å². The first-order valence-corrected chi connectivity index (χ1v) is 5.57. The van der Waals surface area contributed by atoms with Gasteiger partial charge in [-0.1, -0.05) is 13.8 Å². The van der Waals surface area contributed by atoms with Crippen LogP contribution < -0.4 is 5.32 Å². The van der Waals surface area contributed by atoms with E-state index in [0.717, 1.165) is 25.9 Å². The lowest BCUT2D eigenvalue weighted by atomic mass is 9.74. The molecule has 82 valence electrons. The van der Waals surface area contributed by atoms with Crippen molar-refractivity contribution in [3.8, 4) is 0 Å². The molecule has 0 radical (unpaired) electrons. The number of nitrogens with one attached hydrogen (secondary N) is 1. The fourth-order valence-corrected chi connectivity index (χ4v) is 2.37. The topological polar surface area (TPSA) is 38.3 Å². The summed E-state index contributed by atoms with van der Waals surface area (Å²) in [6.45, 7) is 8.38. The summed E-state index contributed by atoms with van der Waals surface area (Å²) in [7, 11) is 0. The van der Waals surface area contributed by atoms with Crippen molar-refractivity contribution >= 4 is 5.97 Å². The van der Waals surface area contributed by atoms with Crippen molar-refractivity contribution in [1.29, 1.82) is 0 Å². The van der Waals surface area contributed by atoms with Crippen LogP contribution in [0.15, 0.2) is 0 Å². The van der Waals surface area contributed by atoms with E-state index in [4.69, 9.17) is 4.74 Å². The second kappa shape index (κ2) is 4.78. The summed E-state index contributed by atoms with van der Waals surface area (Å²) in [6.07, 6.45) is 2.08. The lowest BCUT2D eigenvalue weighted by molar-refractivity contribution is -0.151. The molecule has 0 amide bonds. The Kier molecular flexibility index (Phi) is 3.93. The molecule has 0 aromatic heterocycles. The largest absolute Gasteiger partial charge is 0.466 e. The number of ether oxygens (including phenoxy) is 1. The predicted octanol–water partition coefficient (Wildman–Crippen LogP) is 1.58. The Morgan fingerprint density at radius 2 is 2.07 bits per heavy atom. The van der Waals surface area contributed by atoms with Crippen molar-refractivity contribution < 1.29 is 9.53 Å². The monoisotopic (exact) mass is 199 g/mol. The molecule has 1 heterocycles. The molecule has 0 saturated carbocycles. The minimum Gasteiger partial charge on any atom is -0.466 e. The van der Waals surface area contributed by atoms with Crippen LogP contribution in [0.3, 0.4) is 0 Å². The third kappa shape index (κ3) is 1.92. The van der Waals surface area contributed by atoms with Gasteiger partial charge >= 0.3 is 5.97 Å². The number of carbonyl (C=O) groups is 1. The molecular formula is C11H21NO2. The van der Waals surface area contributed by atoms with Crippen LogP contribution in [0.2, 0.25) is 0 Å². The maximum Gasteiger partial charge on any atom is 0.310 e. The Morgan fingerprint density at radius 3 is 2.57 bits per heavy atom. The van der Waals surface area contributed by atoms with Crippen LogP contribution >= 0.6 is 0 Å². The zero-order valence-corrected chi connectivity index (χ0v) is 9.43. The molecule has 1 fully saturated rings. The molecule has 1 aliphatic heterocycles. The molecule has 1 unspecified atom stereocenters. The number of carbonyl (C=O) groups excluding carboxylic acids is 1. The Labute approximate surface area is 86.2 Å². The summed E-state index contributed by atoms with van der Waals surface area (Å²) >= 11 is 0. The highest BCUT2D eigenvalue weighted by Crippen LogP contribution is 2.38. The predicted molar refractivity (Wildman–Crippen MR) is 56.0 cm³/mol. The van der Waals surface area contributed by atoms with E-state index < -0.39 is 0 Å². The van der Waals surface area contributed by atoms with Crippen molar-refractivity contribution in [1.82, 2.24) is 5.32 Å². The molecule has 14 heavy (non-hydrogen) atoms. The van der Waals surface area contributed by atoms with Gasteiger partial charge in [-0.25, -0.2) is 0 Å². The van der Waals surface area contributed by atoms with E-state index in [9.17, 15) is 4.79 Å². The van der Waals surface area contributed by atoms with Crippen molar-refractivity contribution in [3.63, 3.8) is 0 Å². The minimum absolute atomic E-state index is 0.0267. The second-order valence-corrected chi connectivity index (χ2v) is 4.01. The van der Waals surface area contributed by atoms with Gasteiger partial charge in [0, 0.05) is 13.1 Å². The summed E-state index contributed by atoms with van der Waals surface area (Å²) < 4.78 is 5.11. The number of hydrogen-bond acceptors (Lipinski definition) is 3. The smallest absolute Gasteiger partial charge is 0.310 e. The molecule has 0 spiro atoms. The van der Waals surface area contributed by atoms with Crippen molar-refractivity contribution in [2.45, 2.75) is 33.6 Å². The van der Waals surface area contributed by atoms with Gasteiger partial charge in [0.05, 0.1) is 12.5 Å². The highest BCUT2D eigenvalue weighted by atomic mass is 16.5. The van der Waals surface area contributed by atoms with Crippen molar-refractivity contribution in [3.05, 3.63) is 0 Å². The zero-order valence-electron chi connectivity index (χ0n) is 9.43. The normalized spacial score (nSPS) is 24.9. The minimum atomic E-state index is -0.0267. The molecular weight excluding hydrogens is 178 g/mol. The molecule has 3 nitrogen and oxygen atoms in total. The molecule has 0 aromatic rings. The summed E-state index contributed by atoms with van der Waals surface area (Å²) in [5, 5.41) is 3.30. The van der Waals surface area contributed by atoms with Gasteiger partial charge in [0.2, 0.25) is 0 Å². The second-order valence-electron chi connectivity index (χ2n) is 4.01. The first-order valence-electron chi connectivity index (χ1n) is 5.57. The van der Waals surface area contributed by atoms with E-state index in [1.807, 2.05) is 6.92 Å². The molecule has 1 atom stereocenters. The highest BCUT2D eigenvalue weighted by molar-refractivity contribution is 5.74. The zero-order chi connectivity index (χ0) is 10.6. The van der Waals surface area contributed by atoms with Gasteiger partial charge in [0.25, 0.3) is 0 Å². The van der Waals surface area contributed by atoms with Crippen LogP contribution in [0, 0.1) is 11.3 Å². The molecule has 1 saturated heterocycles. The summed E-state index contributed by atoms with van der Waals surface area (Å²) in [5.41, 5.74) is 0.131. The summed E-state index contributed by atoms with van der Waals surface area (Å²) in [4.78, 5) is 11.7. The van der Waals surface area contributed by atoms with Crippen molar-refractivity contribution in [2.75, 3.05) is 19.7 Å². The Hall–Kier alpha value is -0.570. The molecule has 0 bridgehead atoms. The van der Waals surface area contributed by atoms with E-state index in [1.54, 1.807) is 0 Å². The maximum absolute atomic E-state index is 11.7.